The van der Waals surface area contributed by atoms with E-state index in [1.165, 1.54) is 19.3 Å². The molecule has 2 heterocycles. The third-order valence-electron chi connectivity index (χ3n) is 5.14. The van der Waals surface area contributed by atoms with Crippen LogP contribution in [0.1, 0.15) is 29.6 Å². The van der Waals surface area contributed by atoms with Gasteiger partial charge in [0.2, 0.25) is 0 Å². The zero-order valence-corrected chi connectivity index (χ0v) is 13.9. The first-order valence-corrected chi connectivity index (χ1v) is 9.09. The van der Waals surface area contributed by atoms with E-state index >= 15 is 0 Å². The predicted octanol–water partition coefficient (Wildman–Crippen LogP) is 2.28. The first-order valence-electron chi connectivity index (χ1n) is 8.21. The van der Waals surface area contributed by atoms with Crippen molar-refractivity contribution in [1.82, 2.24) is 15.2 Å². The second-order valence-electron chi connectivity index (χ2n) is 6.39. The van der Waals surface area contributed by atoms with Crippen molar-refractivity contribution in [3.05, 3.63) is 29.3 Å². The molecule has 1 N–H and O–H groups in total. The van der Waals surface area contributed by atoms with Crippen molar-refractivity contribution in [3.63, 3.8) is 0 Å². The second kappa shape index (κ2) is 6.19. The minimum atomic E-state index is 0.0137. The van der Waals surface area contributed by atoms with E-state index in [2.05, 4.69) is 15.2 Å². The Balaban J connectivity index is 1.43. The Morgan fingerprint density at radius 2 is 2.17 bits per heavy atom. The number of fused-ring (bicyclic) bond motifs is 1. The molecular weight excluding hydrogens is 310 g/mol. The lowest BCUT2D eigenvalue weighted by Crippen LogP contribution is -2.62. The monoisotopic (exact) mass is 331 g/mol. The minimum absolute atomic E-state index is 0.0137. The van der Waals surface area contributed by atoms with Crippen LogP contribution in [0.25, 0.3) is 10.2 Å². The van der Waals surface area contributed by atoms with Crippen molar-refractivity contribution < 1.29 is 9.53 Å². The minimum Gasteiger partial charge on any atom is -0.379 e. The predicted molar refractivity (Wildman–Crippen MR) is 90.9 cm³/mol. The molecule has 1 saturated heterocycles. The van der Waals surface area contributed by atoms with Crippen LogP contribution in [0.15, 0.2) is 23.7 Å². The van der Waals surface area contributed by atoms with Gasteiger partial charge in [0.25, 0.3) is 5.91 Å². The molecule has 0 spiro atoms. The summed E-state index contributed by atoms with van der Waals surface area (Å²) in [6.07, 6.45) is 3.59. The molecule has 5 nitrogen and oxygen atoms in total. The van der Waals surface area contributed by atoms with Crippen LogP contribution in [0.4, 0.5) is 0 Å². The van der Waals surface area contributed by atoms with Gasteiger partial charge in [0, 0.05) is 30.7 Å². The van der Waals surface area contributed by atoms with E-state index in [1.54, 1.807) is 11.3 Å². The van der Waals surface area contributed by atoms with Crippen molar-refractivity contribution in [1.29, 1.82) is 0 Å². The molecule has 0 unspecified atom stereocenters. The van der Waals surface area contributed by atoms with Gasteiger partial charge >= 0.3 is 0 Å². The molecule has 2 aromatic rings. The molecule has 6 heteroatoms. The Morgan fingerprint density at radius 1 is 1.35 bits per heavy atom. The van der Waals surface area contributed by atoms with E-state index in [1.807, 2.05) is 23.7 Å². The fourth-order valence-electron chi connectivity index (χ4n) is 3.57. The Labute approximate surface area is 139 Å². The molecule has 1 amide bonds. The lowest BCUT2D eigenvalue weighted by molar-refractivity contribution is -0.0540. The number of amides is 1. The van der Waals surface area contributed by atoms with Gasteiger partial charge in [0.05, 0.1) is 28.9 Å². The number of carbonyl (C=O) groups excluding carboxylic acids is 1. The summed E-state index contributed by atoms with van der Waals surface area (Å²) < 4.78 is 6.52. The molecular formula is C17H21N3O2S. The number of hydrogen-bond acceptors (Lipinski definition) is 5. The van der Waals surface area contributed by atoms with Gasteiger partial charge in [0.15, 0.2) is 0 Å². The third kappa shape index (κ3) is 2.86. The number of carbonyl (C=O) groups is 1. The van der Waals surface area contributed by atoms with Gasteiger partial charge in [-0.05, 0) is 37.5 Å². The highest BCUT2D eigenvalue weighted by Crippen LogP contribution is 2.37. The summed E-state index contributed by atoms with van der Waals surface area (Å²) >= 11 is 1.57. The van der Waals surface area contributed by atoms with Crippen LogP contribution in [0.2, 0.25) is 0 Å². The highest BCUT2D eigenvalue weighted by Gasteiger charge is 2.42. The molecule has 0 radical (unpaired) electrons. The molecule has 1 aromatic carbocycles. The molecule has 0 atom stereocenters. The van der Waals surface area contributed by atoms with E-state index < -0.39 is 0 Å². The number of benzene rings is 1. The number of thiazole rings is 1. The highest BCUT2D eigenvalue weighted by molar-refractivity contribution is 7.16. The standard InChI is InChI=1S/C17H21N3O2S/c21-16(13-2-3-14-15(10-13)23-12-19-14)18-11-17(4-1-5-17)20-6-8-22-9-7-20/h2-3,10,12H,1,4-9,11H2,(H,18,21). The van der Waals surface area contributed by atoms with Gasteiger partial charge in [-0.15, -0.1) is 11.3 Å². The van der Waals surface area contributed by atoms with E-state index in [-0.39, 0.29) is 11.4 Å². The van der Waals surface area contributed by atoms with Crippen molar-refractivity contribution in [3.8, 4) is 0 Å². The normalized spacial score (nSPS) is 21.0. The first kappa shape index (κ1) is 15.1. The van der Waals surface area contributed by atoms with Crippen molar-refractivity contribution in [2.45, 2.75) is 24.8 Å². The van der Waals surface area contributed by atoms with Crippen LogP contribution < -0.4 is 5.32 Å². The molecule has 1 aliphatic heterocycles. The third-order valence-corrected chi connectivity index (χ3v) is 5.93. The van der Waals surface area contributed by atoms with Gasteiger partial charge in [-0.3, -0.25) is 9.69 Å². The topological polar surface area (TPSA) is 54.5 Å². The number of hydrogen-bond donors (Lipinski definition) is 1. The van der Waals surface area contributed by atoms with E-state index in [9.17, 15) is 4.79 Å². The number of rotatable bonds is 4. The quantitative estimate of drug-likeness (QED) is 0.934. The fraction of sp³-hybridized carbons (Fsp3) is 0.529. The average molecular weight is 331 g/mol. The maximum atomic E-state index is 12.5. The first-order chi connectivity index (χ1) is 11.3. The SMILES string of the molecule is O=C(NCC1(N2CCOCC2)CCC1)c1ccc2ncsc2c1. The van der Waals surface area contributed by atoms with E-state index in [4.69, 9.17) is 4.74 Å². The maximum absolute atomic E-state index is 12.5. The van der Waals surface area contributed by atoms with Crippen LogP contribution in [0.3, 0.4) is 0 Å². The highest BCUT2D eigenvalue weighted by atomic mass is 32.1. The largest absolute Gasteiger partial charge is 0.379 e. The Hall–Kier alpha value is -1.50. The fourth-order valence-corrected chi connectivity index (χ4v) is 4.29. The summed E-state index contributed by atoms with van der Waals surface area (Å²) in [5.74, 6) is 0.0137. The molecule has 2 aliphatic rings. The van der Waals surface area contributed by atoms with Crippen LogP contribution in [0, 0.1) is 0 Å². The summed E-state index contributed by atoms with van der Waals surface area (Å²) in [4.78, 5) is 19.3. The Kier molecular flexibility index (Phi) is 4.05. The van der Waals surface area contributed by atoms with Gasteiger partial charge in [0.1, 0.15) is 0 Å². The number of aromatic nitrogens is 1. The number of morpholine rings is 1. The number of nitrogens with one attached hydrogen (secondary N) is 1. The lowest BCUT2D eigenvalue weighted by atomic mass is 9.75. The molecule has 1 aliphatic carbocycles. The van der Waals surface area contributed by atoms with Crippen LogP contribution in [-0.2, 0) is 4.74 Å². The summed E-state index contributed by atoms with van der Waals surface area (Å²) in [5, 5.41) is 3.16. The molecule has 122 valence electrons. The molecule has 1 aromatic heterocycles. The summed E-state index contributed by atoms with van der Waals surface area (Å²) in [6, 6.07) is 5.71. The molecule has 0 bridgehead atoms. The van der Waals surface area contributed by atoms with Crippen molar-refractivity contribution in [2.24, 2.45) is 0 Å². The summed E-state index contributed by atoms with van der Waals surface area (Å²) in [5.41, 5.74) is 3.64. The molecule has 1 saturated carbocycles. The Bertz CT molecular complexity index is 705. The zero-order chi connectivity index (χ0) is 15.7. The smallest absolute Gasteiger partial charge is 0.251 e. The van der Waals surface area contributed by atoms with Crippen LogP contribution in [0.5, 0.6) is 0 Å². The number of ether oxygens (including phenoxy) is 1. The van der Waals surface area contributed by atoms with Crippen LogP contribution >= 0.6 is 11.3 Å². The lowest BCUT2D eigenvalue weighted by Gasteiger charge is -2.51. The molecule has 2 fully saturated rings. The van der Waals surface area contributed by atoms with E-state index in [0.717, 1.165) is 48.6 Å². The van der Waals surface area contributed by atoms with E-state index in [0.29, 0.717) is 0 Å². The van der Waals surface area contributed by atoms with Gasteiger partial charge in [-0.2, -0.15) is 0 Å². The average Bonchev–Trinajstić information content (AvgIpc) is 3.02. The van der Waals surface area contributed by atoms with Gasteiger partial charge in [-0.25, -0.2) is 4.98 Å². The second-order valence-corrected chi connectivity index (χ2v) is 7.28. The van der Waals surface area contributed by atoms with Crippen molar-refractivity contribution in [2.75, 3.05) is 32.8 Å². The molecule has 23 heavy (non-hydrogen) atoms. The Morgan fingerprint density at radius 3 is 2.91 bits per heavy atom. The van der Waals surface area contributed by atoms with Gasteiger partial charge in [-0.1, -0.05) is 0 Å². The summed E-state index contributed by atoms with van der Waals surface area (Å²) in [7, 11) is 0. The zero-order valence-electron chi connectivity index (χ0n) is 13.1. The van der Waals surface area contributed by atoms with Crippen LogP contribution in [-0.4, -0.2) is 54.2 Å². The number of nitrogens with zero attached hydrogens (tertiary/aromatic N) is 2. The van der Waals surface area contributed by atoms with Gasteiger partial charge < -0.3 is 10.1 Å². The summed E-state index contributed by atoms with van der Waals surface area (Å²) in [6.45, 7) is 4.29. The molecule has 4 rings (SSSR count). The maximum Gasteiger partial charge on any atom is 0.251 e. The van der Waals surface area contributed by atoms with Crippen molar-refractivity contribution >= 4 is 27.5 Å².